The van der Waals surface area contributed by atoms with Crippen LogP contribution in [0.1, 0.15) is 43.7 Å². The molecular weight excluding hydrogens is 266 g/mol. The molecule has 1 fully saturated rings. The van der Waals surface area contributed by atoms with Gasteiger partial charge in [0.05, 0.1) is 6.04 Å². The van der Waals surface area contributed by atoms with Gasteiger partial charge in [-0.3, -0.25) is 4.79 Å². The fourth-order valence-electron chi connectivity index (χ4n) is 2.43. The van der Waals surface area contributed by atoms with Crippen molar-refractivity contribution in [3.63, 3.8) is 0 Å². The maximum atomic E-state index is 12.0. The Morgan fingerprint density at radius 3 is 2.52 bits per heavy atom. The fraction of sp³-hybridized carbons (Fsp3) is 0.500. The Bertz CT molecular complexity index is 472. The third-order valence-electron chi connectivity index (χ3n) is 3.70. The van der Waals surface area contributed by atoms with Crippen molar-refractivity contribution in [2.75, 3.05) is 6.54 Å². The molecule has 1 unspecified atom stereocenters. The van der Waals surface area contributed by atoms with Crippen molar-refractivity contribution >= 4 is 11.9 Å². The number of rotatable bonds is 8. The van der Waals surface area contributed by atoms with E-state index < -0.39 is 6.03 Å². The molecule has 0 bridgehead atoms. The summed E-state index contributed by atoms with van der Waals surface area (Å²) in [4.78, 5) is 22.5. The maximum absolute atomic E-state index is 12.0. The summed E-state index contributed by atoms with van der Waals surface area (Å²) in [6, 6.07) is 9.76. The van der Waals surface area contributed by atoms with E-state index in [-0.39, 0.29) is 11.9 Å². The zero-order valence-electron chi connectivity index (χ0n) is 12.2. The van der Waals surface area contributed by atoms with Gasteiger partial charge in [-0.15, -0.1) is 0 Å². The number of nitrogens with two attached hydrogens (primary N) is 1. The standard InChI is InChI=1S/C16H23N3O2/c17-16(21)18-11-5-4-8-14(20)19-15(13-9-10-13)12-6-2-1-3-7-12/h1-3,6-7,13,15H,4-5,8-11H2,(H,19,20)(H3,17,18,21). The quantitative estimate of drug-likeness (QED) is 0.640. The first kappa shape index (κ1) is 15.4. The maximum Gasteiger partial charge on any atom is 0.312 e. The highest BCUT2D eigenvalue weighted by molar-refractivity contribution is 5.76. The van der Waals surface area contributed by atoms with Crippen molar-refractivity contribution in [1.82, 2.24) is 10.6 Å². The van der Waals surface area contributed by atoms with Gasteiger partial charge in [0.2, 0.25) is 5.91 Å². The van der Waals surface area contributed by atoms with Gasteiger partial charge in [0.1, 0.15) is 0 Å². The van der Waals surface area contributed by atoms with Gasteiger partial charge in [0.15, 0.2) is 0 Å². The van der Waals surface area contributed by atoms with Crippen LogP contribution in [0.25, 0.3) is 0 Å². The lowest BCUT2D eigenvalue weighted by Crippen LogP contribution is -2.31. The lowest BCUT2D eigenvalue weighted by Gasteiger charge is -2.18. The van der Waals surface area contributed by atoms with Gasteiger partial charge >= 0.3 is 6.03 Å². The van der Waals surface area contributed by atoms with E-state index in [0.29, 0.717) is 18.9 Å². The van der Waals surface area contributed by atoms with Crippen molar-refractivity contribution in [2.24, 2.45) is 11.7 Å². The highest BCUT2D eigenvalue weighted by Gasteiger charge is 2.33. The molecule has 114 valence electrons. The number of primary amides is 1. The molecule has 1 aliphatic carbocycles. The molecule has 3 amide bonds. The molecule has 1 aromatic rings. The molecule has 1 aliphatic rings. The summed E-state index contributed by atoms with van der Waals surface area (Å²) < 4.78 is 0. The van der Waals surface area contributed by atoms with E-state index in [0.717, 1.165) is 12.8 Å². The molecule has 4 N–H and O–H groups in total. The van der Waals surface area contributed by atoms with E-state index in [1.807, 2.05) is 18.2 Å². The molecule has 0 aromatic heterocycles. The van der Waals surface area contributed by atoms with Crippen molar-refractivity contribution in [3.8, 4) is 0 Å². The molecule has 0 saturated heterocycles. The van der Waals surface area contributed by atoms with Crippen molar-refractivity contribution < 1.29 is 9.59 Å². The second kappa shape index (κ2) is 7.67. The minimum Gasteiger partial charge on any atom is -0.352 e. The van der Waals surface area contributed by atoms with Crippen LogP contribution in [0.5, 0.6) is 0 Å². The molecule has 0 spiro atoms. The summed E-state index contributed by atoms with van der Waals surface area (Å²) in [5, 5.41) is 5.67. The summed E-state index contributed by atoms with van der Waals surface area (Å²) in [7, 11) is 0. The largest absolute Gasteiger partial charge is 0.352 e. The summed E-state index contributed by atoms with van der Waals surface area (Å²) in [5.74, 6) is 0.655. The predicted octanol–water partition coefficient (Wildman–Crippen LogP) is 2.09. The second-order valence-electron chi connectivity index (χ2n) is 5.54. The zero-order valence-corrected chi connectivity index (χ0v) is 12.2. The highest BCUT2D eigenvalue weighted by Crippen LogP contribution is 2.40. The Balaban J connectivity index is 1.73. The number of hydrogen-bond donors (Lipinski definition) is 3. The van der Waals surface area contributed by atoms with Crippen LogP contribution < -0.4 is 16.4 Å². The Kier molecular flexibility index (Phi) is 5.60. The van der Waals surface area contributed by atoms with E-state index in [1.54, 1.807) is 0 Å². The molecule has 5 heteroatoms. The van der Waals surface area contributed by atoms with E-state index in [2.05, 4.69) is 22.8 Å². The predicted molar refractivity (Wildman–Crippen MR) is 81.5 cm³/mol. The summed E-state index contributed by atoms with van der Waals surface area (Å²) in [6.07, 6.45) is 4.36. The zero-order chi connectivity index (χ0) is 15.1. The molecule has 2 rings (SSSR count). The van der Waals surface area contributed by atoms with Crippen LogP contribution in [0.4, 0.5) is 4.79 Å². The number of hydrogen-bond acceptors (Lipinski definition) is 2. The molecule has 1 aromatic carbocycles. The van der Waals surface area contributed by atoms with Crippen molar-refractivity contribution in [3.05, 3.63) is 35.9 Å². The molecule has 1 saturated carbocycles. The number of benzene rings is 1. The van der Waals surface area contributed by atoms with Crippen LogP contribution in [-0.4, -0.2) is 18.5 Å². The Hall–Kier alpha value is -2.04. The Labute approximate surface area is 125 Å². The number of nitrogens with one attached hydrogen (secondary N) is 2. The molecule has 0 aliphatic heterocycles. The first-order valence-electron chi connectivity index (χ1n) is 7.54. The van der Waals surface area contributed by atoms with Gasteiger partial charge in [-0.1, -0.05) is 30.3 Å². The first-order chi connectivity index (χ1) is 10.2. The van der Waals surface area contributed by atoms with Gasteiger partial charge in [-0.2, -0.15) is 0 Å². The van der Waals surface area contributed by atoms with Crippen LogP contribution in [0.15, 0.2) is 30.3 Å². The first-order valence-corrected chi connectivity index (χ1v) is 7.54. The van der Waals surface area contributed by atoms with Gasteiger partial charge in [-0.25, -0.2) is 4.79 Å². The fourth-order valence-corrected chi connectivity index (χ4v) is 2.43. The SMILES string of the molecule is NC(=O)NCCCCC(=O)NC(c1ccccc1)C1CC1. The summed E-state index contributed by atoms with van der Waals surface area (Å²) in [6.45, 7) is 0.521. The smallest absolute Gasteiger partial charge is 0.312 e. The number of urea groups is 1. The number of amides is 3. The van der Waals surface area contributed by atoms with Crippen molar-refractivity contribution in [1.29, 1.82) is 0 Å². The molecule has 0 heterocycles. The van der Waals surface area contributed by atoms with Gasteiger partial charge in [-0.05, 0) is 37.2 Å². The average Bonchev–Trinajstić information content (AvgIpc) is 3.29. The lowest BCUT2D eigenvalue weighted by molar-refractivity contribution is -0.122. The minimum atomic E-state index is -0.516. The van der Waals surface area contributed by atoms with E-state index in [4.69, 9.17) is 5.73 Å². The normalized spacial score (nSPS) is 15.2. The van der Waals surface area contributed by atoms with E-state index in [1.165, 1.54) is 18.4 Å². The van der Waals surface area contributed by atoms with Gasteiger partial charge < -0.3 is 16.4 Å². The molecule has 21 heavy (non-hydrogen) atoms. The van der Waals surface area contributed by atoms with E-state index in [9.17, 15) is 9.59 Å². The number of unbranched alkanes of at least 4 members (excludes halogenated alkanes) is 1. The molecule has 1 atom stereocenters. The third kappa shape index (κ3) is 5.45. The monoisotopic (exact) mass is 289 g/mol. The summed E-state index contributed by atoms with van der Waals surface area (Å²) in [5.41, 5.74) is 6.16. The highest BCUT2D eigenvalue weighted by atomic mass is 16.2. The summed E-state index contributed by atoms with van der Waals surface area (Å²) >= 11 is 0. The number of carbonyl (C=O) groups excluding carboxylic acids is 2. The van der Waals surface area contributed by atoms with Crippen molar-refractivity contribution in [2.45, 2.75) is 38.1 Å². The van der Waals surface area contributed by atoms with Crippen LogP contribution in [0.2, 0.25) is 0 Å². The molecule has 5 nitrogen and oxygen atoms in total. The molecular formula is C16H23N3O2. The third-order valence-corrected chi connectivity index (χ3v) is 3.70. The number of carbonyl (C=O) groups is 2. The van der Waals surface area contributed by atoms with Gasteiger partial charge in [0.25, 0.3) is 0 Å². The molecule has 0 radical (unpaired) electrons. The second-order valence-corrected chi connectivity index (χ2v) is 5.54. The van der Waals surface area contributed by atoms with Crippen LogP contribution in [-0.2, 0) is 4.79 Å². The van der Waals surface area contributed by atoms with Crippen LogP contribution >= 0.6 is 0 Å². The average molecular weight is 289 g/mol. The topological polar surface area (TPSA) is 84.2 Å². The van der Waals surface area contributed by atoms with Crippen LogP contribution in [0, 0.1) is 5.92 Å². The van der Waals surface area contributed by atoms with Gasteiger partial charge in [0, 0.05) is 13.0 Å². The van der Waals surface area contributed by atoms with E-state index >= 15 is 0 Å². The lowest BCUT2D eigenvalue weighted by atomic mass is 10.0. The minimum absolute atomic E-state index is 0.0785. The Morgan fingerprint density at radius 2 is 1.90 bits per heavy atom. The Morgan fingerprint density at radius 1 is 1.19 bits per heavy atom. The van der Waals surface area contributed by atoms with Crippen LogP contribution in [0.3, 0.4) is 0 Å².